The minimum absolute atomic E-state index is 0.840. The molecular formula is C89H52N6O3S. The maximum atomic E-state index is 6.78. The Bertz CT molecular complexity index is 6890. The third-order valence-corrected chi connectivity index (χ3v) is 22.0. The molecular weight excluding hydrogens is 1230 g/mol. The Hall–Kier alpha value is -12.9. The van der Waals surface area contributed by atoms with Crippen molar-refractivity contribution in [2.45, 2.75) is 12.8 Å². The second-order valence-electron chi connectivity index (χ2n) is 26.0. The first-order chi connectivity index (χ1) is 49.1. The van der Waals surface area contributed by atoms with E-state index in [9.17, 15) is 0 Å². The zero-order chi connectivity index (χ0) is 64.6. The van der Waals surface area contributed by atoms with Gasteiger partial charge in [-0.1, -0.05) is 152 Å². The first-order valence-electron chi connectivity index (χ1n) is 33.5. The van der Waals surface area contributed by atoms with E-state index in [1.165, 1.54) is 86.4 Å². The first kappa shape index (κ1) is 54.4. The summed E-state index contributed by atoms with van der Waals surface area (Å²) >= 11 is 1.94. The molecule has 10 heteroatoms. The van der Waals surface area contributed by atoms with Crippen molar-refractivity contribution in [3.05, 3.63) is 314 Å². The molecule has 0 N–H and O–H groups in total. The van der Waals surface area contributed by atoms with Gasteiger partial charge >= 0.3 is 0 Å². The van der Waals surface area contributed by atoms with Gasteiger partial charge < -0.3 is 13.3 Å². The lowest BCUT2D eigenvalue weighted by molar-refractivity contribution is 0.664. The molecule has 99 heavy (non-hydrogen) atoms. The number of para-hydroxylation sites is 4. The van der Waals surface area contributed by atoms with Gasteiger partial charge in [-0.25, -0.2) is 15.0 Å². The van der Waals surface area contributed by atoms with E-state index in [1.807, 2.05) is 78.5 Å². The van der Waals surface area contributed by atoms with Crippen LogP contribution in [0, 0.1) is 0 Å². The van der Waals surface area contributed by atoms with Crippen molar-refractivity contribution in [1.82, 2.24) is 28.7 Å². The van der Waals surface area contributed by atoms with E-state index >= 15 is 0 Å². The Morgan fingerprint density at radius 1 is 0.263 bits per heavy atom. The molecule has 2 aliphatic rings. The van der Waals surface area contributed by atoms with Crippen molar-refractivity contribution in [2.75, 3.05) is 0 Å². The van der Waals surface area contributed by atoms with Crippen molar-refractivity contribution in [3.63, 3.8) is 0 Å². The fourth-order valence-corrected chi connectivity index (χ4v) is 18.0. The summed E-state index contributed by atoms with van der Waals surface area (Å²) < 4.78 is 29.1. The second kappa shape index (κ2) is 20.8. The predicted molar refractivity (Wildman–Crippen MR) is 407 cm³/mol. The summed E-state index contributed by atoms with van der Waals surface area (Å²) in [5, 5.41) is 16.2. The summed E-state index contributed by atoms with van der Waals surface area (Å²) in [6.07, 6.45) is 7.60. The SMILES string of the molecule is c1ccc(-n2c3ccc4c5ccc6c(c5oc4c3c3cccnc32)-c2ccccc2C6)cc1.c1ccc(-n2c3ccc4c5ccc6c(c5sc4c3c3cccnc32)-c2ccccc2C6)cc1.c1ccc(-n2c3ccc4c5ccc6oc7ccccc7c6c5oc4c3c3cccnc32)cc1. The number of rotatable bonds is 3. The Morgan fingerprint density at radius 2 is 0.667 bits per heavy atom. The summed E-state index contributed by atoms with van der Waals surface area (Å²) in [5.41, 5.74) is 26.0. The van der Waals surface area contributed by atoms with Gasteiger partial charge in [0, 0.05) is 115 Å². The molecule has 0 fully saturated rings. The molecule has 2 aliphatic carbocycles. The highest BCUT2D eigenvalue weighted by Gasteiger charge is 2.29. The van der Waals surface area contributed by atoms with E-state index in [4.69, 9.17) is 28.2 Å². The normalized spacial score (nSPS) is 12.6. The lowest BCUT2D eigenvalue weighted by Crippen LogP contribution is -1.94. The zero-order valence-corrected chi connectivity index (χ0v) is 53.8. The quantitative estimate of drug-likeness (QED) is 0.175. The van der Waals surface area contributed by atoms with Gasteiger partial charge in [-0.3, -0.25) is 13.7 Å². The summed E-state index contributed by atoms with van der Waals surface area (Å²) in [7, 11) is 0. The van der Waals surface area contributed by atoms with Crippen LogP contribution in [0.15, 0.2) is 305 Å². The third-order valence-electron chi connectivity index (χ3n) is 20.8. The molecule has 0 radical (unpaired) electrons. The Kier molecular flexibility index (Phi) is 11.4. The number of benzene rings is 12. The fraction of sp³-hybridized carbons (Fsp3) is 0.0225. The summed E-state index contributed by atoms with van der Waals surface area (Å²) in [5.74, 6) is 0. The van der Waals surface area contributed by atoms with Crippen molar-refractivity contribution < 1.29 is 13.3 Å². The molecule has 0 saturated heterocycles. The van der Waals surface area contributed by atoms with Gasteiger partial charge in [0.2, 0.25) is 0 Å². The maximum Gasteiger partial charge on any atom is 0.147 e. The Morgan fingerprint density at radius 3 is 1.24 bits per heavy atom. The molecule has 0 saturated carbocycles. The number of pyridine rings is 3. The minimum Gasteiger partial charge on any atom is -0.456 e. The molecule has 0 aliphatic heterocycles. The average Bonchev–Trinajstić information content (AvgIpc) is 1.56. The summed E-state index contributed by atoms with van der Waals surface area (Å²) in [4.78, 5) is 14.3. The van der Waals surface area contributed by atoms with Crippen LogP contribution in [0.25, 0.3) is 191 Å². The van der Waals surface area contributed by atoms with Crippen LogP contribution in [-0.2, 0) is 12.8 Å². The van der Waals surface area contributed by atoms with Crippen LogP contribution in [0.3, 0.4) is 0 Å². The van der Waals surface area contributed by atoms with Gasteiger partial charge in [-0.2, -0.15) is 0 Å². The Balaban J connectivity index is 0.0000000949. The van der Waals surface area contributed by atoms with Gasteiger partial charge in [-0.05, 0) is 168 Å². The van der Waals surface area contributed by atoms with E-state index < -0.39 is 0 Å². The van der Waals surface area contributed by atoms with E-state index in [0.717, 1.165) is 140 Å². The van der Waals surface area contributed by atoms with Gasteiger partial charge in [0.05, 0.1) is 32.7 Å². The molecule has 0 atom stereocenters. The number of aromatic nitrogens is 6. The number of furan rings is 3. The first-order valence-corrected chi connectivity index (χ1v) is 34.4. The molecule has 0 bridgehead atoms. The molecule has 24 rings (SSSR count). The standard InChI is InChI=1S/C30H18N2O.C30H18N2S.C29H16N2O2/c2*1-2-8-20(9-3-1)32-25-15-14-23-22-13-12-19-17-18-7-4-5-10-21(18)26(19)28(22)33-29(23)27(25)24-11-6-16-31-30(24)32;1-2-7-17(8-3-1)31-22-14-12-18-19-13-15-24-26(20-9-4-5-11-23(20)32-24)28(19)33-27(18)25(22)21-10-6-16-30-29(21)31/h2*1-16H,17H2;1-16H. The van der Waals surface area contributed by atoms with Gasteiger partial charge in [0.1, 0.15) is 50.4 Å². The van der Waals surface area contributed by atoms with Crippen LogP contribution in [-0.4, -0.2) is 28.7 Å². The molecule has 10 aromatic heterocycles. The molecule has 0 spiro atoms. The second-order valence-corrected chi connectivity index (χ2v) is 27.0. The lowest BCUT2D eigenvalue weighted by atomic mass is 10.0. The molecule has 0 unspecified atom stereocenters. The number of hydrogen-bond donors (Lipinski definition) is 0. The van der Waals surface area contributed by atoms with Crippen LogP contribution in [0.2, 0.25) is 0 Å². The molecule has 10 heterocycles. The summed E-state index contributed by atoms with van der Waals surface area (Å²) in [6, 6.07) is 96.2. The van der Waals surface area contributed by atoms with Crippen molar-refractivity contribution in [2.24, 2.45) is 0 Å². The maximum absolute atomic E-state index is 6.78. The van der Waals surface area contributed by atoms with Crippen LogP contribution >= 0.6 is 11.3 Å². The smallest absolute Gasteiger partial charge is 0.147 e. The number of hydrogen-bond acceptors (Lipinski definition) is 7. The highest BCUT2D eigenvalue weighted by atomic mass is 32.1. The van der Waals surface area contributed by atoms with Gasteiger partial charge in [0.15, 0.2) is 0 Å². The van der Waals surface area contributed by atoms with E-state index in [2.05, 4.69) is 238 Å². The topological polar surface area (TPSA) is 92.9 Å². The molecule has 9 nitrogen and oxygen atoms in total. The summed E-state index contributed by atoms with van der Waals surface area (Å²) in [6.45, 7) is 0. The molecule has 12 aromatic carbocycles. The lowest BCUT2D eigenvalue weighted by Gasteiger charge is -2.06. The van der Waals surface area contributed by atoms with Crippen molar-refractivity contribution in [3.8, 4) is 39.3 Å². The van der Waals surface area contributed by atoms with Crippen molar-refractivity contribution >= 4 is 163 Å². The Labute approximate surface area is 567 Å². The minimum atomic E-state index is 0.840. The van der Waals surface area contributed by atoms with Gasteiger partial charge in [-0.15, -0.1) is 11.3 Å². The number of nitrogens with zero attached hydrogens (tertiary/aromatic N) is 6. The van der Waals surface area contributed by atoms with E-state index in [1.54, 1.807) is 0 Å². The van der Waals surface area contributed by atoms with Crippen LogP contribution < -0.4 is 0 Å². The highest BCUT2D eigenvalue weighted by molar-refractivity contribution is 7.27. The molecule has 22 aromatic rings. The van der Waals surface area contributed by atoms with E-state index in [-0.39, 0.29) is 0 Å². The number of fused-ring (bicyclic) bond motifs is 33. The fourth-order valence-electron chi connectivity index (χ4n) is 16.6. The number of thiophene rings is 1. The molecule has 462 valence electrons. The van der Waals surface area contributed by atoms with Crippen molar-refractivity contribution in [1.29, 1.82) is 0 Å². The highest BCUT2D eigenvalue weighted by Crippen LogP contribution is 2.52. The zero-order valence-electron chi connectivity index (χ0n) is 52.9. The average molecular weight is 1290 g/mol. The van der Waals surface area contributed by atoms with E-state index in [0.29, 0.717) is 0 Å². The van der Waals surface area contributed by atoms with Crippen LogP contribution in [0.4, 0.5) is 0 Å². The molecule has 0 amide bonds. The monoisotopic (exact) mass is 1280 g/mol. The van der Waals surface area contributed by atoms with Gasteiger partial charge in [0.25, 0.3) is 0 Å². The largest absolute Gasteiger partial charge is 0.456 e. The third kappa shape index (κ3) is 7.77. The predicted octanol–water partition coefficient (Wildman–Crippen LogP) is 23.7. The van der Waals surface area contributed by atoms with Crippen LogP contribution in [0.1, 0.15) is 22.3 Å². The van der Waals surface area contributed by atoms with Crippen LogP contribution in [0.5, 0.6) is 0 Å².